The second-order valence-corrected chi connectivity index (χ2v) is 4.28. The van der Waals surface area contributed by atoms with E-state index in [1.165, 1.54) is 31.2 Å². The van der Waals surface area contributed by atoms with Gasteiger partial charge in [0.15, 0.2) is 0 Å². The molecular weight excluding hydrogens is 160 g/mol. The first-order valence-corrected chi connectivity index (χ1v) is 5.11. The zero-order valence-corrected chi connectivity index (χ0v) is 8.27. The number of nitrogens with one attached hydrogen (secondary N) is 2. The Kier molecular flexibility index (Phi) is 2.40. The SMILES string of the molecule is CNCC1(Cc2cc[nH]c2)CCC1. The summed E-state index contributed by atoms with van der Waals surface area (Å²) in [4.78, 5) is 3.12. The fourth-order valence-corrected chi connectivity index (χ4v) is 2.37. The van der Waals surface area contributed by atoms with Gasteiger partial charge < -0.3 is 10.3 Å². The van der Waals surface area contributed by atoms with Gasteiger partial charge in [0.05, 0.1) is 0 Å². The van der Waals surface area contributed by atoms with E-state index in [1.54, 1.807) is 0 Å². The molecule has 1 aromatic heterocycles. The largest absolute Gasteiger partial charge is 0.367 e. The van der Waals surface area contributed by atoms with Crippen molar-refractivity contribution in [2.45, 2.75) is 25.7 Å². The first kappa shape index (κ1) is 8.82. The first-order chi connectivity index (χ1) is 6.35. The van der Waals surface area contributed by atoms with E-state index in [9.17, 15) is 0 Å². The maximum Gasteiger partial charge on any atom is 0.00375 e. The number of rotatable bonds is 4. The number of hydrogen-bond donors (Lipinski definition) is 2. The van der Waals surface area contributed by atoms with Gasteiger partial charge in [-0.25, -0.2) is 0 Å². The maximum atomic E-state index is 3.31. The Bertz CT molecular complexity index is 247. The van der Waals surface area contributed by atoms with Crippen LogP contribution in [-0.4, -0.2) is 18.6 Å². The molecule has 0 aliphatic heterocycles. The van der Waals surface area contributed by atoms with Crippen molar-refractivity contribution in [2.24, 2.45) is 5.41 Å². The lowest BCUT2D eigenvalue weighted by Gasteiger charge is -2.42. The molecule has 0 amide bonds. The van der Waals surface area contributed by atoms with E-state index in [-0.39, 0.29) is 0 Å². The van der Waals surface area contributed by atoms with Crippen LogP contribution in [0.2, 0.25) is 0 Å². The van der Waals surface area contributed by atoms with Crippen molar-refractivity contribution >= 4 is 0 Å². The number of aromatic amines is 1. The van der Waals surface area contributed by atoms with Gasteiger partial charge >= 0.3 is 0 Å². The average Bonchev–Trinajstić information content (AvgIpc) is 2.53. The molecule has 2 rings (SSSR count). The predicted octanol–water partition coefficient (Wildman–Crippen LogP) is 1.95. The molecule has 13 heavy (non-hydrogen) atoms. The second-order valence-electron chi connectivity index (χ2n) is 4.28. The van der Waals surface area contributed by atoms with Crippen LogP contribution in [-0.2, 0) is 6.42 Å². The predicted molar refractivity (Wildman–Crippen MR) is 54.7 cm³/mol. The van der Waals surface area contributed by atoms with Gasteiger partial charge in [0.25, 0.3) is 0 Å². The van der Waals surface area contributed by atoms with Gasteiger partial charge in [0, 0.05) is 18.9 Å². The van der Waals surface area contributed by atoms with Crippen molar-refractivity contribution in [3.8, 4) is 0 Å². The fourth-order valence-electron chi connectivity index (χ4n) is 2.37. The molecule has 72 valence electrons. The Morgan fingerprint density at radius 2 is 2.38 bits per heavy atom. The summed E-state index contributed by atoms with van der Waals surface area (Å²) in [7, 11) is 2.05. The van der Waals surface area contributed by atoms with Crippen molar-refractivity contribution in [2.75, 3.05) is 13.6 Å². The summed E-state index contributed by atoms with van der Waals surface area (Å²) < 4.78 is 0. The van der Waals surface area contributed by atoms with Gasteiger partial charge in [0.1, 0.15) is 0 Å². The molecule has 1 saturated carbocycles. The van der Waals surface area contributed by atoms with Crippen molar-refractivity contribution in [1.82, 2.24) is 10.3 Å². The normalized spacial score (nSPS) is 19.8. The lowest BCUT2D eigenvalue weighted by Crippen LogP contribution is -2.40. The van der Waals surface area contributed by atoms with Crippen LogP contribution in [0.15, 0.2) is 18.5 Å². The highest BCUT2D eigenvalue weighted by Crippen LogP contribution is 2.42. The van der Waals surface area contributed by atoms with Gasteiger partial charge in [-0.05, 0) is 43.4 Å². The molecule has 0 aromatic carbocycles. The first-order valence-electron chi connectivity index (χ1n) is 5.11. The zero-order chi connectivity index (χ0) is 9.15. The summed E-state index contributed by atoms with van der Waals surface area (Å²) in [6, 6.07) is 2.19. The van der Waals surface area contributed by atoms with Crippen LogP contribution in [0.3, 0.4) is 0 Å². The highest BCUT2D eigenvalue weighted by molar-refractivity contribution is 5.13. The second kappa shape index (κ2) is 3.54. The minimum atomic E-state index is 0.566. The molecule has 1 aliphatic rings. The maximum absolute atomic E-state index is 3.31. The lowest BCUT2D eigenvalue weighted by molar-refractivity contribution is 0.133. The summed E-state index contributed by atoms with van der Waals surface area (Å²) in [5.74, 6) is 0. The minimum absolute atomic E-state index is 0.566. The van der Waals surface area contributed by atoms with Crippen molar-refractivity contribution in [3.05, 3.63) is 24.0 Å². The summed E-state index contributed by atoms with van der Waals surface area (Å²) >= 11 is 0. The third kappa shape index (κ3) is 1.78. The van der Waals surface area contributed by atoms with Gasteiger partial charge in [-0.3, -0.25) is 0 Å². The summed E-state index contributed by atoms with van der Waals surface area (Å²) in [5, 5.41) is 3.31. The molecular formula is C11H18N2. The van der Waals surface area contributed by atoms with Crippen LogP contribution in [0, 0.1) is 5.41 Å². The van der Waals surface area contributed by atoms with E-state index in [0.717, 1.165) is 6.54 Å². The topological polar surface area (TPSA) is 27.8 Å². The molecule has 2 nitrogen and oxygen atoms in total. The van der Waals surface area contributed by atoms with E-state index >= 15 is 0 Å². The van der Waals surface area contributed by atoms with Crippen LogP contribution >= 0.6 is 0 Å². The fraction of sp³-hybridized carbons (Fsp3) is 0.636. The van der Waals surface area contributed by atoms with E-state index in [2.05, 4.69) is 29.6 Å². The van der Waals surface area contributed by atoms with Gasteiger partial charge in [-0.1, -0.05) is 6.42 Å². The highest BCUT2D eigenvalue weighted by atomic mass is 14.8. The zero-order valence-electron chi connectivity index (χ0n) is 8.27. The molecule has 2 N–H and O–H groups in total. The molecule has 2 heteroatoms. The summed E-state index contributed by atoms with van der Waals surface area (Å²) in [5.41, 5.74) is 2.02. The van der Waals surface area contributed by atoms with Crippen LogP contribution in [0.5, 0.6) is 0 Å². The van der Waals surface area contributed by atoms with Gasteiger partial charge in [-0.2, -0.15) is 0 Å². The quantitative estimate of drug-likeness (QED) is 0.724. The Morgan fingerprint density at radius 3 is 2.85 bits per heavy atom. The van der Waals surface area contributed by atoms with E-state index in [0.29, 0.717) is 5.41 Å². The minimum Gasteiger partial charge on any atom is -0.367 e. The molecule has 0 saturated heterocycles. The third-order valence-corrected chi connectivity index (χ3v) is 3.21. The van der Waals surface area contributed by atoms with E-state index in [1.807, 2.05) is 6.20 Å². The van der Waals surface area contributed by atoms with Crippen molar-refractivity contribution < 1.29 is 0 Å². The standard InChI is InChI=1S/C11H18N2/c1-12-9-11(4-2-5-11)7-10-3-6-13-8-10/h3,6,8,12-13H,2,4-5,7,9H2,1H3. The van der Waals surface area contributed by atoms with Crippen LogP contribution < -0.4 is 5.32 Å². The Labute approximate surface area is 79.7 Å². The van der Waals surface area contributed by atoms with Crippen molar-refractivity contribution in [1.29, 1.82) is 0 Å². The number of aromatic nitrogens is 1. The Morgan fingerprint density at radius 1 is 1.54 bits per heavy atom. The van der Waals surface area contributed by atoms with Gasteiger partial charge in [0.2, 0.25) is 0 Å². The molecule has 0 spiro atoms. The molecule has 0 radical (unpaired) electrons. The van der Waals surface area contributed by atoms with Crippen molar-refractivity contribution in [3.63, 3.8) is 0 Å². The Hall–Kier alpha value is -0.760. The number of hydrogen-bond acceptors (Lipinski definition) is 1. The monoisotopic (exact) mass is 178 g/mol. The van der Waals surface area contributed by atoms with Crippen LogP contribution in [0.4, 0.5) is 0 Å². The van der Waals surface area contributed by atoms with E-state index in [4.69, 9.17) is 0 Å². The van der Waals surface area contributed by atoms with Crippen LogP contribution in [0.25, 0.3) is 0 Å². The van der Waals surface area contributed by atoms with Crippen LogP contribution in [0.1, 0.15) is 24.8 Å². The molecule has 1 fully saturated rings. The molecule has 0 unspecified atom stereocenters. The average molecular weight is 178 g/mol. The summed E-state index contributed by atoms with van der Waals surface area (Å²) in [6.07, 6.45) is 9.55. The highest BCUT2D eigenvalue weighted by Gasteiger charge is 2.36. The molecule has 1 aliphatic carbocycles. The smallest absolute Gasteiger partial charge is 0.00375 e. The number of H-pyrrole nitrogens is 1. The molecule has 1 aromatic rings. The lowest BCUT2D eigenvalue weighted by atomic mass is 9.65. The molecule has 0 atom stereocenters. The van der Waals surface area contributed by atoms with Gasteiger partial charge in [-0.15, -0.1) is 0 Å². The van der Waals surface area contributed by atoms with E-state index < -0.39 is 0 Å². The molecule has 0 bridgehead atoms. The summed E-state index contributed by atoms with van der Waals surface area (Å²) in [6.45, 7) is 1.16. The molecule has 1 heterocycles. The third-order valence-electron chi connectivity index (χ3n) is 3.21. The Balaban J connectivity index is 1.98.